The normalized spacial score (nSPS) is 12.2. The highest BCUT2D eigenvalue weighted by Crippen LogP contribution is 2.18. The largest absolute Gasteiger partial charge is 0.351 e. The SMILES string of the molecule is C#CCNS(=O)(=O)c1ccc(C(=O)NC[C@@H](CC)c2ccccc2)cc1. The van der Waals surface area contributed by atoms with Crippen molar-refractivity contribution in [3.63, 3.8) is 0 Å². The van der Waals surface area contributed by atoms with Gasteiger partial charge in [-0.15, -0.1) is 6.42 Å². The first-order chi connectivity index (χ1) is 12.5. The zero-order valence-corrected chi connectivity index (χ0v) is 15.4. The Labute approximate surface area is 154 Å². The summed E-state index contributed by atoms with van der Waals surface area (Å²) >= 11 is 0. The molecule has 0 saturated heterocycles. The van der Waals surface area contributed by atoms with Gasteiger partial charge in [-0.1, -0.05) is 43.2 Å². The van der Waals surface area contributed by atoms with Crippen LogP contribution in [0.15, 0.2) is 59.5 Å². The number of amides is 1. The average Bonchev–Trinajstić information content (AvgIpc) is 2.67. The number of benzene rings is 2. The predicted octanol–water partition coefficient (Wildman–Crippen LogP) is 2.52. The van der Waals surface area contributed by atoms with E-state index < -0.39 is 10.0 Å². The predicted molar refractivity (Wildman–Crippen MR) is 102 cm³/mol. The molecule has 0 aliphatic heterocycles. The molecule has 0 spiro atoms. The van der Waals surface area contributed by atoms with Crippen molar-refractivity contribution in [2.75, 3.05) is 13.1 Å². The Morgan fingerprint density at radius 1 is 1.12 bits per heavy atom. The Hall–Kier alpha value is -2.62. The fourth-order valence-corrected chi connectivity index (χ4v) is 3.48. The molecule has 0 radical (unpaired) electrons. The molecule has 2 aromatic carbocycles. The monoisotopic (exact) mass is 370 g/mol. The second kappa shape index (κ2) is 9.18. The molecule has 0 aromatic heterocycles. The third kappa shape index (κ3) is 5.19. The van der Waals surface area contributed by atoms with Crippen molar-refractivity contribution in [1.82, 2.24) is 10.0 Å². The molecule has 2 N–H and O–H groups in total. The van der Waals surface area contributed by atoms with Gasteiger partial charge in [-0.25, -0.2) is 8.42 Å². The van der Waals surface area contributed by atoms with E-state index in [9.17, 15) is 13.2 Å². The van der Waals surface area contributed by atoms with E-state index in [1.807, 2.05) is 30.3 Å². The summed E-state index contributed by atoms with van der Waals surface area (Å²) in [6.45, 7) is 2.51. The molecule has 26 heavy (non-hydrogen) atoms. The van der Waals surface area contributed by atoms with Crippen LogP contribution < -0.4 is 10.0 Å². The van der Waals surface area contributed by atoms with Crippen LogP contribution in [-0.2, 0) is 10.0 Å². The number of hydrogen-bond acceptors (Lipinski definition) is 3. The minimum Gasteiger partial charge on any atom is -0.351 e. The topological polar surface area (TPSA) is 75.3 Å². The number of nitrogens with one attached hydrogen (secondary N) is 2. The first-order valence-electron chi connectivity index (χ1n) is 8.34. The van der Waals surface area contributed by atoms with E-state index >= 15 is 0 Å². The highest BCUT2D eigenvalue weighted by molar-refractivity contribution is 7.89. The minimum absolute atomic E-state index is 0.0695. The Morgan fingerprint density at radius 2 is 1.77 bits per heavy atom. The third-order valence-electron chi connectivity index (χ3n) is 4.06. The van der Waals surface area contributed by atoms with Crippen molar-refractivity contribution in [2.24, 2.45) is 0 Å². The summed E-state index contributed by atoms with van der Waals surface area (Å²) in [4.78, 5) is 12.4. The molecule has 0 saturated carbocycles. The van der Waals surface area contributed by atoms with Crippen LogP contribution in [0.25, 0.3) is 0 Å². The Balaban J connectivity index is 2.01. The van der Waals surface area contributed by atoms with Crippen molar-refractivity contribution >= 4 is 15.9 Å². The Morgan fingerprint density at radius 3 is 2.35 bits per heavy atom. The molecular formula is C20H22N2O3S. The van der Waals surface area contributed by atoms with Crippen LogP contribution in [0.1, 0.15) is 35.2 Å². The quantitative estimate of drug-likeness (QED) is 0.701. The van der Waals surface area contributed by atoms with E-state index in [1.54, 1.807) is 0 Å². The zero-order valence-electron chi connectivity index (χ0n) is 14.6. The van der Waals surface area contributed by atoms with E-state index in [0.717, 1.165) is 6.42 Å². The molecule has 5 nitrogen and oxygen atoms in total. The van der Waals surface area contributed by atoms with Gasteiger partial charge in [0.2, 0.25) is 10.0 Å². The average molecular weight is 370 g/mol. The van der Waals surface area contributed by atoms with E-state index in [-0.39, 0.29) is 23.3 Å². The van der Waals surface area contributed by atoms with Gasteiger partial charge in [0.25, 0.3) is 5.91 Å². The van der Waals surface area contributed by atoms with Gasteiger partial charge in [0.15, 0.2) is 0 Å². The molecule has 0 heterocycles. The van der Waals surface area contributed by atoms with Crippen LogP contribution in [0.5, 0.6) is 0 Å². The number of carbonyl (C=O) groups is 1. The van der Waals surface area contributed by atoms with Gasteiger partial charge < -0.3 is 5.32 Å². The molecule has 1 atom stereocenters. The lowest BCUT2D eigenvalue weighted by molar-refractivity contribution is 0.0951. The summed E-state index contributed by atoms with van der Waals surface area (Å²) in [6, 6.07) is 15.8. The van der Waals surface area contributed by atoms with Gasteiger partial charge >= 0.3 is 0 Å². The van der Waals surface area contributed by atoms with E-state index in [2.05, 4.69) is 22.9 Å². The van der Waals surface area contributed by atoms with Gasteiger partial charge in [-0.3, -0.25) is 4.79 Å². The first-order valence-corrected chi connectivity index (χ1v) is 9.82. The van der Waals surface area contributed by atoms with Crippen LogP contribution >= 0.6 is 0 Å². The summed E-state index contributed by atoms with van der Waals surface area (Å²) < 4.78 is 26.2. The molecule has 0 bridgehead atoms. The molecule has 2 aromatic rings. The summed E-state index contributed by atoms with van der Waals surface area (Å²) in [5, 5.41) is 2.91. The van der Waals surface area contributed by atoms with Gasteiger partial charge in [0, 0.05) is 18.0 Å². The first kappa shape index (κ1) is 19.7. The molecule has 0 aliphatic rings. The molecule has 6 heteroatoms. The molecular weight excluding hydrogens is 348 g/mol. The van der Waals surface area contributed by atoms with Crippen molar-refractivity contribution in [3.05, 3.63) is 65.7 Å². The van der Waals surface area contributed by atoms with Crippen molar-refractivity contribution in [2.45, 2.75) is 24.2 Å². The lowest BCUT2D eigenvalue weighted by Gasteiger charge is -2.16. The van der Waals surface area contributed by atoms with Crippen LogP contribution in [0.3, 0.4) is 0 Å². The standard InChI is InChI=1S/C20H22N2O3S/c1-3-14-22-26(24,25)19-12-10-18(11-13-19)20(23)21-15-16(4-2)17-8-6-5-7-9-17/h1,5-13,16,22H,4,14-15H2,2H3,(H,21,23)/t16-/m1/s1. The van der Waals surface area contributed by atoms with E-state index in [1.165, 1.54) is 29.8 Å². The summed E-state index contributed by atoms with van der Waals surface area (Å²) in [6.07, 6.45) is 5.96. The minimum atomic E-state index is -3.65. The van der Waals surface area contributed by atoms with Crippen LogP contribution in [-0.4, -0.2) is 27.4 Å². The lowest BCUT2D eigenvalue weighted by atomic mass is 9.96. The maximum Gasteiger partial charge on any atom is 0.251 e. The highest BCUT2D eigenvalue weighted by Gasteiger charge is 2.15. The number of carbonyl (C=O) groups excluding carboxylic acids is 1. The summed E-state index contributed by atoms with van der Waals surface area (Å²) in [7, 11) is -3.65. The lowest BCUT2D eigenvalue weighted by Crippen LogP contribution is -2.28. The Kier molecular flexibility index (Phi) is 6.96. The smallest absolute Gasteiger partial charge is 0.251 e. The van der Waals surface area contributed by atoms with Gasteiger partial charge in [0.05, 0.1) is 11.4 Å². The Bertz CT molecular complexity index is 870. The van der Waals surface area contributed by atoms with Gasteiger partial charge in [0.1, 0.15) is 0 Å². The molecule has 0 unspecified atom stereocenters. The van der Waals surface area contributed by atoms with Crippen molar-refractivity contribution in [3.8, 4) is 12.3 Å². The second-order valence-electron chi connectivity index (χ2n) is 5.78. The molecule has 0 aliphatic carbocycles. The van der Waals surface area contributed by atoms with Crippen molar-refractivity contribution in [1.29, 1.82) is 0 Å². The molecule has 2 rings (SSSR count). The number of terminal acetylenes is 1. The van der Waals surface area contributed by atoms with Crippen LogP contribution in [0, 0.1) is 12.3 Å². The summed E-state index contributed by atoms with van der Waals surface area (Å²) in [5.74, 6) is 2.21. The number of hydrogen-bond donors (Lipinski definition) is 2. The number of sulfonamides is 1. The van der Waals surface area contributed by atoms with E-state index in [0.29, 0.717) is 12.1 Å². The summed E-state index contributed by atoms with van der Waals surface area (Å²) in [5.41, 5.74) is 1.58. The fourth-order valence-electron chi connectivity index (χ4n) is 2.55. The number of rotatable bonds is 8. The van der Waals surface area contributed by atoms with Crippen LogP contribution in [0.2, 0.25) is 0 Å². The molecule has 136 valence electrons. The maximum atomic E-state index is 12.3. The molecule has 1 amide bonds. The van der Waals surface area contributed by atoms with Gasteiger partial charge in [-0.2, -0.15) is 4.72 Å². The maximum absolute atomic E-state index is 12.3. The van der Waals surface area contributed by atoms with Crippen LogP contribution in [0.4, 0.5) is 0 Å². The fraction of sp³-hybridized carbons (Fsp3) is 0.250. The zero-order chi connectivity index (χ0) is 19.0. The highest BCUT2D eigenvalue weighted by atomic mass is 32.2. The van der Waals surface area contributed by atoms with Gasteiger partial charge in [-0.05, 0) is 36.2 Å². The third-order valence-corrected chi connectivity index (χ3v) is 5.48. The second-order valence-corrected chi connectivity index (χ2v) is 7.55. The van der Waals surface area contributed by atoms with E-state index in [4.69, 9.17) is 6.42 Å². The van der Waals surface area contributed by atoms with Crippen molar-refractivity contribution < 1.29 is 13.2 Å². The molecule has 0 fully saturated rings.